The molecule has 1 saturated heterocycles. The summed E-state index contributed by atoms with van der Waals surface area (Å²) < 4.78 is 31.2. The Hall–Kier alpha value is -2.48. The number of hydrogen-bond acceptors (Lipinski definition) is 5. The first-order valence-electron chi connectivity index (χ1n) is 13.0. The first kappa shape index (κ1) is 29.1. The molecule has 2 aromatic carbocycles. The Bertz CT molecular complexity index is 1030. The third-order valence-electron chi connectivity index (χ3n) is 6.78. The molecular weight excluding hydrogens is 497 g/mol. The van der Waals surface area contributed by atoms with E-state index < -0.39 is 17.8 Å². The number of carbonyl (C=O) groups is 2. The number of ether oxygens (including phenoxy) is 3. The van der Waals surface area contributed by atoms with Gasteiger partial charge in [-0.15, -0.1) is 0 Å². The van der Waals surface area contributed by atoms with Gasteiger partial charge in [0.25, 0.3) is 5.91 Å². The summed E-state index contributed by atoms with van der Waals surface area (Å²) in [6, 6.07) is 11.6. The van der Waals surface area contributed by atoms with Gasteiger partial charge in [0.15, 0.2) is 0 Å². The van der Waals surface area contributed by atoms with Crippen molar-refractivity contribution in [2.24, 2.45) is 11.8 Å². The molecule has 1 fully saturated rings. The smallest absolute Gasteiger partial charge is 0.305 e. The van der Waals surface area contributed by atoms with Crippen molar-refractivity contribution in [2.75, 3.05) is 33.5 Å². The van der Waals surface area contributed by atoms with E-state index in [1.807, 2.05) is 12.1 Å². The molecule has 8 heteroatoms. The van der Waals surface area contributed by atoms with E-state index in [0.717, 1.165) is 44.5 Å². The molecule has 6 nitrogen and oxygen atoms in total. The summed E-state index contributed by atoms with van der Waals surface area (Å²) in [6.45, 7) is 4.46. The first-order valence-corrected chi connectivity index (χ1v) is 13.4. The minimum Gasteiger partial charge on any atom is -0.469 e. The molecule has 2 aromatic rings. The predicted octanol–water partition coefficient (Wildman–Crippen LogP) is 6.11. The fourth-order valence-electron chi connectivity index (χ4n) is 4.65. The maximum absolute atomic E-state index is 14.8. The number of esters is 1. The number of amides is 1. The van der Waals surface area contributed by atoms with Gasteiger partial charge in [-0.25, -0.2) is 4.39 Å². The molecular formula is C29H37ClFNO5. The SMILES string of the molecule is CC[C@H](CNC(=O)c1cc(C(OCCCC(=O)OC)c2cccc(Cl)c2)ccc1F)C[C@H]1CCCOC1. The van der Waals surface area contributed by atoms with E-state index in [-0.39, 0.29) is 24.6 Å². The van der Waals surface area contributed by atoms with Crippen molar-refractivity contribution in [3.63, 3.8) is 0 Å². The molecule has 0 bridgehead atoms. The number of carbonyl (C=O) groups excluding carboxylic acids is 2. The Balaban J connectivity index is 1.71. The van der Waals surface area contributed by atoms with Crippen LogP contribution in [0.4, 0.5) is 4.39 Å². The van der Waals surface area contributed by atoms with Crippen molar-refractivity contribution in [1.82, 2.24) is 5.32 Å². The van der Waals surface area contributed by atoms with Gasteiger partial charge in [0, 0.05) is 37.8 Å². The van der Waals surface area contributed by atoms with Gasteiger partial charge in [0.05, 0.1) is 12.7 Å². The third kappa shape index (κ3) is 9.09. The highest BCUT2D eigenvalue weighted by Crippen LogP contribution is 2.30. The summed E-state index contributed by atoms with van der Waals surface area (Å²) in [5, 5.41) is 3.47. The average molecular weight is 534 g/mol. The van der Waals surface area contributed by atoms with Crippen LogP contribution >= 0.6 is 11.6 Å². The van der Waals surface area contributed by atoms with Gasteiger partial charge < -0.3 is 19.5 Å². The van der Waals surface area contributed by atoms with Gasteiger partial charge in [-0.3, -0.25) is 9.59 Å². The fourth-order valence-corrected chi connectivity index (χ4v) is 4.84. The minimum absolute atomic E-state index is 0.0291. The number of hydrogen-bond donors (Lipinski definition) is 1. The molecule has 1 aliphatic heterocycles. The van der Waals surface area contributed by atoms with E-state index >= 15 is 0 Å². The number of halogens is 2. The lowest BCUT2D eigenvalue weighted by atomic mass is 9.89. The highest BCUT2D eigenvalue weighted by molar-refractivity contribution is 6.30. The molecule has 0 aromatic heterocycles. The molecule has 0 aliphatic carbocycles. The summed E-state index contributed by atoms with van der Waals surface area (Å²) in [4.78, 5) is 24.5. The van der Waals surface area contributed by atoms with Gasteiger partial charge >= 0.3 is 5.97 Å². The molecule has 37 heavy (non-hydrogen) atoms. The molecule has 0 saturated carbocycles. The molecule has 1 unspecified atom stereocenters. The van der Waals surface area contributed by atoms with E-state index in [4.69, 9.17) is 21.1 Å². The van der Waals surface area contributed by atoms with Crippen molar-refractivity contribution < 1.29 is 28.2 Å². The summed E-state index contributed by atoms with van der Waals surface area (Å²) in [7, 11) is 1.34. The largest absolute Gasteiger partial charge is 0.469 e. The van der Waals surface area contributed by atoms with E-state index in [2.05, 4.69) is 17.0 Å². The number of nitrogens with one attached hydrogen (secondary N) is 1. The molecule has 1 heterocycles. The zero-order valence-corrected chi connectivity index (χ0v) is 22.4. The Morgan fingerprint density at radius 3 is 2.73 bits per heavy atom. The van der Waals surface area contributed by atoms with Crippen molar-refractivity contribution in [3.05, 3.63) is 70.0 Å². The third-order valence-corrected chi connectivity index (χ3v) is 7.01. The molecule has 202 valence electrons. The number of methoxy groups -OCH3 is 1. The Morgan fingerprint density at radius 2 is 2.03 bits per heavy atom. The molecule has 0 radical (unpaired) electrons. The zero-order valence-electron chi connectivity index (χ0n) is 21.6. The fraction of sp³-hybridized carbons (Fsp3) is 0.517. The molecule has 3 atom stereocenters. The van der Waals surface area contributed by atoms with Crippen LogP contribution in [0.1, 0.15) is 73.0 Å². The lowest BCUT2D eigenvalue weighted by Gasteiger charge is -2.26. The Labute approximate surface area is 223 Å². The second-order valence-electron chi connectivity index (χ2n) is 9.53. The van der Waals surface area contributed by atoms with Crippen LogP contribution in [0.25, 0.3) is 0 Å². The van der Waals surface area contributed by atoms with Gasteiger partial charge in [0.2, 0.25) is 0 Å². The maximum Gasteiger partial charge on any atom is 0.305 e. The quantitative estimate of drug-likeness (QED) is 0.248. The monoisotopic (exact) mass is 533 g/mol. The maximum atomic E-state index is 14.8. The van der Waals surface area contributed by atoms with E-state index in [9.17, 15) is 14.0 Å². The molecule has 0 spiro atoms. The second-order valence-corrected chi connectivity index (χ2v) is 9.96. The Morgan fingerprint density at radius 1 is 1.22 bits per heavy atom. The minimum atomic E-state index is -0.592. The predicted molar refractivity (Wildman–Crippen MR) is 141 cm³/mol. The van der Waals surface area contributed by atoms with E-state index in [1.165, 1.54) is 19.2 Å². The van der Waals surface area contributed by atoms with Crippen LogP contribution in [-0.2, 0) is 19.0 Å². The standard InChI is InChI=1S/C29H37ClFNO5/c1-3-20(15-21-7-5-13-36-19-21)18-32-29(34)25-17-23(11-12-26(25)31)28(22-8-4-9-24(30)16-22)37-14-6-10-27(33)35-2/h4,8-9,11-12,16-17,20-21,28H,3,5-7,10,13-15,18-19H2,1-2H3,(H,32,34)/t20-,21+,28?/m0/s1. The van der Waals surface area contributed by atoms with Crippen LogP contribution in [0.15, 0.2) is 42.5 Å². The van der Waals surface area contributed by atoms with Gasteiger partial charge in [-0.1, -0.05) is 43.1 Å². The van der Waals surface area contributed by atoms with Crippen LogP contribution < -0.4 is 5.32 Å². The molecule has 1 aliphatic rings. The lowest BCUT2D eigenvalue weighted by Crippen LogP contribution is -2.32. The molecule has 3 rings (SSSR count). The topological polar surface area (TPSA) is 73.9 Å². The van der Waals surface area contributed by atoms with Crippen molar-refractivity contribution in [1.29, 1.82) is 0 Å². The average Bonchev–Trinajstić information content (AvgIpc) is 2.91. The summed E-state index contributed by atoms with van der Waals surface area (Å²) >= 11 is 6.21. The van der Waals surface area contributed by atoms with E-state index in [1.54, 1.807) is 18.2 Å². The van der Waals surface area contributed by atoms with E-state index in [0.29, 0.717) is 35.4 Å². The first-order chi connectivity index (χ1) is 17.9. The second kappa shape index (κ2) is 15.1. The van der Waals surface area contributed by atoms with Gasteiger partial charge in [-0.2, -0.15) is 0 Å². The molecule has 1 N–H and O–H groups in total. The van der Waals surface area contributed by atoms with Crippen LogP contribution in [0.5, 0.6) is 0 Å². The van der Waals surface area contributed by atoms with Crippen LogP contribution in [0, 0.1) is 17.7 Å². The highest BCUT2D eigenvalue weighted by Gasteiger charge is 2.22. The normalized spacial score (nSPS) is 17.1. The van der Waals surface area contributed by atoms with Gasteiger partial charge in [-0.05, 0) is 72.9 Å². The summed E-state index contributed by atoms with van der Waals surface area (Å²) in [5.41, 5.74) is 1.36. The lowest BCUT2D eigenvalue weighted by molar-refractivity contribution is -0.141. The zero-order chi connectivity index (χ0) is 26.6. The van der Waals surface area contributed by atoms with Crippen LogP contribution in [-0.4, -0.2) is 45.4 Å². The van der Waals surface area contributed by atoms with Crippen LogP contribution in [0.3, 0.4) is 0 Å². The summed E-state index contributed by atoms with van der Waals surface area (Å²) in [5.74, 6) is -0.548. The summed E-state index contributed by atoms with van der Waals surface area (Å²) in [6.07, 6.45) is 4.23. The van der Waals surface area contributed by atoms with Crippen molar-refractivity contribution in [2.45, 2.75) is 51.6 Å². The molecule has 1 amide bonds. The number of rotatable bonds is 13. The van der Waals surface area contributed by atoms with Gasteiger partial charge in [0.1, 0.15) is 11.9 Å². The van der Waals surface area contributed by atoms with Crippen molar-refractivity contribution in [3.8, 4) is 0 Å². The number of benzene rings is 2. The highest BCUT2D eigenvalue weighted by atomic mass is 35.5. The van der Waals surface area contributed by atoms with Crippen LogP contribution in [0.2, 0.25) is 5.02 Å². The van der Waals surface area contributed by atoms with Crippen molar-refractivity contribution >= 4 is 23.5 Å². The Kier molecular flexibility index (Phi) is 11.8.